The molecule has 20 heavy (non-hydrogen) atoms. The van der Waals surface area contributed by atoms with Gasteiger partial charge in [0.15, 0.2) is 0 Å². The summed E-state index contributed by atoms with van der Waals surface area (Å²) in [5, 5.41) is 4.86. The van der Waals surface area contributed by atoms with Gasteiger partial charge in [-0.05, 0) is 30.5 Å². The minimum absolute atomic E-state index is 0.145. The van der Waals surface area contributed by atoms with Crippen LogP contribution in [0.1, 0.15) is 43.5 Å². The molecule has 2 aromatic rings. The molecule has 3 heteroatoms. The number of hydrogen-bond acceptors (Lipinski definition) is 1. The fourth-order valence-corrected chi connectivity index (χ4v) is 2.85. The van der Waals surface area contributed by atoms with Crippen LogP contribution in [-0.2, 0) is 0 Å². The van der Waals surface area contributed by atoms with Crippen molar-refractivity contribution in [3.8, 4) is 0 Å². The molecule has 0 amide bonds. The van der Waals surface area contributed by atoms with E-state index in [4.69, 9.17) is 23.2 Å². The van der Waals surface area contributed by atoms with Crippen molar-refractivity contribution in [3.63, 3.8) is 0 Å². The van der Waals surface area contributed by atoms with Crippen LogP contribution in [0.3, 0.4) is 0 Å². The first kappa shape index (κ1) is 15.4. The maximum Gasteiger partial charge on any atom is 0.0639 e. The minimum Gasteiger partial charge on any atom is -0.303 e. The number of benzene rings is 2. The van der Waals surface area contributed by atoms with Crippen molar-refractivity contribution >= 4 is 23.2 Å². The van der Waals surface area contributed by atoms with Crippen LogP contribution in [0, 0.1) is 0 Å². The maximum absolute atomic E-state index is 6.29. The molecule has 0 saturated heterocycles. The van der Waals surface area contributed by atoms with Crippen LogP contribution < -0.4 is 5.32 Å². The first-order chi connectivity index (χ1) is 9.63. The number of nitrogens with one attached hydrogen (secondary N) is 1. The summed E-state index contributed by atoms with van der Waals surface area (Å²) in [5.41, 5.74) is 2.33. The Labute approximate surface area is 130 Å². The molecule has 0 fully saturated rings. The summed E-state index contributed by atoms with van der Waals surface area (Å²) in [6, 6.07) is 16.7. The Morgan fingerprint density at radius 3 is 2.35 bits per heavy atom. The lowest BCUT2D eigenvalue weighted by Gasteiger charge is -2.24. The average Bonchev–Trinajstić information content (AvgIpc) is 2.48. The van der Waals surface area contributed by atoms with E-state index < -0.39 is 0 Å². The van der Waals surface area contributed by atoms with E-state index in [-0.39, 0.29) is 6.04 Å². The highest BCUT2D eigenvalue weighted by molar-refractivity contribution is 6.42. The van der Waals surface area contributed by atoms with E-state index in [1.165, 1.54) is 5.56 Å². The van der Waals surface area contributed by atoms with Crippen molar-refractivity contribution in [2.75, 3.05) is 0 Å². The summed E-state index contributed by atoms with van der Waals surface area (Å²) in [7, 11) is 0. The Kier molecular flexibility index (Phi) is 5.47. The molecular formula is C17H19Cl2N. The lowest BCUT2D eigenvalue weighted by Crippen LogP contribution is -2.24. The van der Waals surface area contributed by atoms with Crippen LogP contribution in [-0.4, -0.2) is 0 Å². The molecule has 0 heterocycles. The largest absolute Gasteiger partial charge is 0.303 e. The normalized spacial score (nSPS) is 14.0. The second kappa shape index (κ2) is 7.12. The van der Waals surface area contributed by atoms with Gasteiger partial charge in [-0.3, -0.25) is 0 Å². The van der Waals surface area contributed by atoms with Gasteiger partial charge in [-0.25, -0.2) is 0 Å². The monoisotopic (exact) mass is 307 g/mol. The zero-order chi connectivity index (χ0) is 14.5. The van der Waals surface area contributed by atoms with E-state index in [1.807, 2.05) is 24.3 Å². The number of rotatable bonds is 5. The quantitative estimate of drug-likeness (QED) is 0.736. The van der Waals surface area contributed by atoms with E-state index in [0.29, 0.717) is 16.1 Å². The van der Waals surface area contributed by atoms with Crippen molar-refractivity contribution in [2.24, 2.45) is 0 Å². The van der Waals surface area contributed by atoms with Crippen molar-refractivity contribution in [3.05, 3.63) is 69.7 Å². The highest BCUT2D eigenvalue weighted by Gasteiger charge is 2.16. The summed E-state index contributed by atoms with van der Waals surface area (Å²) in [6.45, 7) is 4.29. The molecule has 1 N–H and O–H groups in total. The number of hydrogen-bond donors (Lipinski definition) is 1. The van der Waals surface area contributed by atoms with Crippen LogP contribution in [0.15, 0.2) is 48.5 Å². The fourth-order valence-electron chi connectivity index (χ4n) is 2.38. The second-order valence-corrected chi connectivity index (χ2v) is 5.69. The Bertz CT molecular complexity index is 554. The molecule has 0 saturated carbocycles. The Hall–Kier alpha value is -1.02. The van der Waals surface area contributed by atoms with Gasteiger partial charge in [-0.15, -0.1) is 0 Å². The van der Waals surface area contributed by atoms with Gasteiger partial charge in [-0.2, -0.15) is 0 Å². The predicted molar refractivity (Wildman–Crippen MR) is 87.5 cm³/mol. The van der Waals surface area contributed by atoms with Crippen molar-refractivity contribution in [1.29, 1.82) is 0 Å². The lowest BCUT2D eigenvalue weighted by atomic mass is 10.0. The molecule has 2 atom stereocenters. The fraction of sp³-hybridized carbons (Fsp3) is 0.294. The topological polar surface area (TPSA) is 12.0 Å². The third-order valence-electron chi connectivity index (χ3n) is 3.51. The van der Waals surface area contributed by atoms with Crippen LogP contribution in [0.4, 0.5) is 0 Å². The molecule has 0 aliphatic rings. The highest BCUT2D eigenvalue weighted by atomic mass is 35.5. The molecule has 0 spiro atoms. The second-order valence-electron chi connectivity index (χ2n) is 4.90. The van der Waals surface area contributed by atoms with Crippen molar-refractivity contribution < 1.29 is 0 Å². The van der Waals surface area contributed by atoms with Crippen LogP contribution in [0.2, 0.25) is 10.0 Å². The van der Waals surface area contributed by atoms with Gasteiger partial charge in [-0.1, -0.05) is 72.6 Å². The van der Waals surface area contributed by atoms with E-state index >= 15 is 0 Å². The SMILES string of the molecule is CCC(NC(C)c1cccc(Cl)c1Cl)c1ccccc1. The van der Waals surface area contributed by atoms with Crippen molar-refractivity contribution in [2.45, 2.75) is 32.4 Å². The lowest BCUT2D eigenvalue weighted by molar-refractivity contribution is 0.456. The summed E-state index contributed by atoms with van der Waals surface area (Å²) in [5.74, 6) is 0. The summed E-state index contributed by atoms with van der Waals surface area (Å²) in [6.07, 6.45) is 1.02. The van der Waals surface area contributed by atoms with Gasteiger partial charge in [0, 0.05) is 12.1 Å². The molecule has 0 aromatic heterocycles. The first-order valence-corrected chi connectivity index (χ1v) is 7.64. The molecule has 0 aliphatic heterocycles. The van der Waals surface area contributed by atoms with Crippen LogP contribution in [0.25, 0.3) is 0 Å². The maximum atomic E-state index is 6.29. The zero-order valence-corrected chi connectivity index (χ0v) is 13.2. The molecule has 2 unspecified atom stereocenters. The van der Waals surface area contributed by atoms with E-state index in [0.717, 1.165) is 12.0 Å². The van der Waals surface area contributed by atoms with Gasteiger partial charge in [0.25, 0.3) is 0 Å². The molecule has 0 radical (unpaired) electrons. The zero-order valence-electron chi connectivity index (χ0n) is 11.7. The highest BCUT2D eigenvalue weighted by Crippen LogP contribution is 2.31. The van der Waals surface area contributed by atoms with Gasteiger partial charge >= 0.3 is 0 Å². The third-order valence-corrected chi connectivity index (χ3v) is 4.34. The van der Waals surface area contributed by atoms with Crippen LogP contribution in [0.5, 0.6) is 0 Å². The molecular weight excluding hydrogens is 289 g/mol. The van der Waals surface area contributed by atoms with E-state index in [9.17, 15) is 0 Å². The molecule has 2 rings (SSSR count). The molecule has 0 bridgehead atoms. The number of halogens is 2. The molecule has 1 nitrogen and oxygen atoms in total. The molecule has 0 aliphatic carbocycles. The summed E-state index contributed by atoms with van der Waals surface area (Å²) in [4.78, 5) is 0. The Morgan fingerprint density at radius 1 is 1.00 bits per heavy atom. The van der Waals surface area contributed by atoms with E-state index in [2.05, 4.69) is 43.4 Å². The predicted octanol–water partition coefficient (Wildman–Crippen LogP) is 5.80. The standard InChI is InChI=1S/C17H19Cl2N/c1-3-16(13-8-5-4-6-9-13)20-12(2)14-10-7-11-15(18)17(14)19/h4-12,16,20H,3H2,1-2H3. The first-order valence-electron chi connectivity index (χ1n) is 6.88. The Balaban J connectivity index is 2.17. The summed E-state index contributed by atoms with van der Waals surface area (Å²) < 4.78 is 0. The molecule has 106 valence electrons. The Morgan fingerprint density at radius 2 is 1.70 bits per heavy atom. The van der Waals surface area contributed by atoms with Crippen molar-refractivity contribution in [1.82, 2.24) is 5.32 Å². The van der Waals surface area contributed by atoms with Gasteiger partial charge in [0.05, 0.1) is 10.0 Å². The minimum atomic E-state index is 0.145. The third kappa shape index (κ3) is 3.54. The van der Waals surface area contributed by atoms with Crippen LogP contribution >= 0.6 is 23.2 Å². The smallest absolute Gasteiger partial charge is 0.0639 e. The summed E-state index contributed by atoms with van der Waals surface area (Å²) >= 11 is 12.4. The van der Waals surface area contributed by atoms with Gasteiger partial charge in [0.1, 0.15) is 0 Å². The van der Waals surface area contributed by atoms with E-state index in [1.54, 1.807) is 0 Å². The van der Waals surface area contributed by atoms with Gasteiger partial charge < -0.3 is 5.32 Å². The average molecular weight is 308 g/mol. The molecule has 2 aromatic carbocycles. The van der Waals surface area contributed by atoms with Gasteiger partial charge in [0.2, 0.25) is 0 Å².